The van der Waals surface area contributed by atoms with Gasteiger partial charge in [-0.1, -0.05) is 83.5 Å². The van der Waals surface area contributed by atoms with Crippen LogP contribution < -0.4 is 0 Å². The molecule has 0 radical (unpaired) electrons. The van der Waals surface area contributed by atoms with Gasteiger partial charge in [0.2, 0.25) is 0 Å². The Balaban J connectivity index is 2.28. The maximum absolute atomic E-state index is 3.59. The van der Waals surface area contributed by atoms with E-state index in [9.17, 15) is 0 Å². The van der Waals surface area contributed by atoms with E-state index in [1.165, 1.54) is 21.2 Å². The second-order valence-corrected chi connectivity index (χ2v) is 4.76. The number of halogens is 1. The summed E-state index contributed by atoms with van der Waals surface area (Å²) in [6.45, 7) is 2.14. The van der Waals surface area contributed by atoms with E-state index in [2.05, 4.69) is 77.5 Å². The molecule has 2 aromatic carbocycles. The van der Waals surface area contributed by atoms with Crippen LogP contribution in [-0.4, -0.2) is 0 Å². The molecule has 0 bridgehead atoms. The van der Waals surface area contributed by atoms with Crippen molar-refractivity contribution in [3.8, 4) is 11.1 Å². The minimum absolute atomic E-state index is 1.04. The number of hydrogen-bond acceptors (Lipinski definition) is 0. The largest absolute Gasteiger partial charge is 0.0699 e. The van der Waals surface area contributed by atoms with Crippen molar-refractivity contribution in [2.24, 2.45) is 0 Å². The summed E-state index contributed by atoms with van der Waals surface area (Å²) in [4.78, 5) is 0. The number of allylic oxidation sites excluding steroid dienone is 1. The smallest absolute Gasteiger partial charge is 0.0207 e. The van der Waals surface area contributed by atoms with Gasteiger partial charge in [-0.2, -0.15) is 0 Å². The Morgan fingerprint density at radius 2 is 1.53 bits per heavy atom. The van der Waals surface area contributed by atoms with Gasteiger partial charge in [-0.15, -0.1) is 0 Å². The zero-order valence-corrected chi connectivity index (χ0v) is 11.4. The minimum Gasteiger partial charge on any atom is -0.0699 e. The standard InChI is InChI=1S/C16H15Br/c1-2-6-16(17)15-11-9-14(10-12-15)13-7-4-3-5-8-13/h3-12H,2H2,1H3. The lowest BCUT2D eigenvalue weighted by Crippen LogP contribution is -1.80. The molecule has 86 valence electrons. The van der Waals surface area contributed by atoms with E-state index in [1.807, 2.05) is 6.07 Å². The highest BCUT2D eigenvalue weighted by Crippen LogP contribution is 2.25. The first-order valence-electron chi connectivity index (χ1n) is 5.83. The van der Waals surface area contributed by atoms with E-state index in [4.69, 9.17) is 0 Å². The third-order valence-corrected chi connectivity index (χ3v) is 3.43. The van der Waals surface area contributed by atoms with Gasteiger partial charge in [0.15, 0.2) is 0 Å². The number of rotatable bonds is 3. The Kier molecular flexibility index (Phi) is 4.16. The maximum Gasteiger partial charge on any atom is 0.0207 e. The van der Waals surface area contributed by atoms with Crippen LogP contribution >= 0.6 is 15.9 Å². The van der Waals surface area contributed by atoms with Crippen LogP contribution in [0.15, 0.2) is 60.7 Å². The van der Waals surface area contributed by atoms with Crippen molar-refractivity contribution in [3.63, 3.8) is 0 Å². The van der Waals surface area contributed by atoms with E-state index in [1.54, 1.807) is 0 Å². The highest BCUT2D eigenvalue weighted by Gasteiger charge is 1.99. The van der Waals surface area contributed by atoms with Crippen molar-refractivity contribution < 1.29 is 0 Å². The first-order chi connectivity index (χ1) is 8.31. The fourth-order valence-electron chi connectivity index (χ4n) is 1.75. The Hall–Kier alpha value is -1.34. The molecule has 0 heterocycles. The molecule has 0 saturated heterocycles. The highest BCUT2D eigenvalue weighted by atomic mass is 79.9. The van der Waals surface area contributed by atoms with Crippen molar-refractivity contribution in [3.05, 3.63) is 66.2 Å². The van der Waals surface area contributed by atoms with Crippen LogP contribution in [0, 0.1) is 0 Å². The van der Waals surface area contributed by atoms with Crippen LogP contribution in [0.5, 0.6) is 0 Å². The lowest BCUT2D eigenvalue weighted by atomic mass is 10.0. The molecule has 0 aliphatic rings. The molecule has 0 saturated carbocycles. The molecule has 0 aliphatic carbocycles. The van der Waals surface area contributed by atoms with Gasteiger partial charge in [-0.25, -0.2) is 0 Å². The van der Waals surface area contributed by atoms with Crippen LogP contribution in [-0.2, 0) is 0 Å². The molecule has 0 aromatic heterocycles. The molecule has 1 heteroatoms. The highest BCUT2D eigenvalue weighted by molar-refractivity contribution is 9.15. The molecular weight excluding hydrogens is 272 g/mol. The van der Waals surface area contributed by atoms with Gasteiger partial charge >= 0.3 is 0 Å². The summed E-state index contributed by atoms with van der Waals surface area (Å²) in [7, 11) is 0. The summed E-state index contributed by atoms with van der Waals surface area (Å²) in [6, 6.07) is 19.1. The van der Waals surface area contributed by atoms with Crippen LogP contribution in [0.25, 0.3) is 15.6 Å². The monoisotopic (exact) mass is 286 g/mol. The second kappa shape index (κ2) is 5.83. The third kappa shape index (κ3) is 3.07. The zero-order valence-electron chi connectivity index (χ0n) is 9.86. The average molecular weight is 287 g/mol. The Morgan fingerprint density at radius 1 is 0.941 bits per heavy atom. The topological polar surface area (TPSA) is 0 Å². The SMILES string of the molecule is CCC=C(Br)c1ccc(-c2ccccc2)cc1. The van der Waals surface area contributed by atoms with Crippen LogP contribution in [0.1, 0.15) is 18.9 Å². The minimum atomic E-state index is 1.04. The normalized spacial score (nSPS) is 11.5. The molecule has 0 nitrogen and oxygen atoms in total. The molecule has 0 fully saturated rings. The van der Waals surface area contributed by atoms with Crippen molar-refractivity contribution in [1.29, 1.82) is 0 Å². The first-order valence-corrected chi connectivity index (χ1v) is 6.62. The summed E-state index contributed by atoms with van der Waals surface area (Å²) in [6.07, 6.45) is 3.22. The van der Waals surface area contributed by atoms with Crippen LogP contribution in [0.3, 0.4) is 0 Å². The van der Waals surface area contributed by atoms with Crippen molar-refractivity contribution in [2.75, 3.05) is 0 Å². The second-order valence-electron chi connectivity index (χ2n) is 3.90. The van der Waals surface area contributed by atoms with Gasteiger partial charge in [-0.3, -0.25) is 0 Å². The lowest BCUT2D eigenvalue weighted by Gasteiger charge is -2.04. The molecule has 0 amide bonds. The van der Waals surface area contributed by atoms with E-state index in [0.29, 0.717) is 0 Å². The average Bonchev–Trinajstić information content (AvgIpc) is 2.40. The molecule has 0 spiro atoms. The molecule has 0 N–H and O–H groups in total. The molecule has 2 aromatic rings. The Bertz CT molecular complexity index is 495. The number of hydrogen-bond donors (Lipinski definition) is 0. The quantitative estimate of drug-likeness (QED) is 0.699. The predicted molar refractivity (Wildman–Crippen MR) is 79.1 cm³/mol. The fourth-order valence-corrected chi connectivity index (χ4v) is 2.34. The van der Waals surface area contributed by atoms with Gasteiger partial charge in [0.05, 0.1) is 0 Å². The predicted octanol–water partition coefficient (Wildman–Crippen LogP) is 5.50. The molecule has 0 unspecified atom stereocenters. The van der Waals surface area contributed by atoms with E-state index in [0.717, 1.165) is 6.42 Å². The van der Waals surface area contributed by atoms with Gasteiger partial charge < -0.3 is 0 Å². The summed E-state index contributed by atoms with van der Waals surface area (Å²) in [5, 5.41) is 0. The first kappa shape index (κ1) is 12.1. The van der Waals surface area contributed by atoms with E-state index in [-0.39, 0.29) is 0 Å². The van der Waals surface area contributed by atoms with Gasteiger partial charge in [0.1, 0.15) is 0 Å². The number of benzene rings is 2. The fraction of sp³-hybridized carbons (Fsp3) is 0.125. The summed E-state index contributed by atoms with van der Waals surface area (Å²) in [5.74, 6) is 0. The Morgan fingerprint density at radius 3 is 2.12 bits per heavy atom. The summed E-state index contributed by atoms with van der Waals surface area (Å²) in [5.41, 5.74) is 3.74. The molecule has 0 atom stereocenters. The van der Waals surface area contributed by atoms with Gasteiger partial charge in [0, 0.05) is 4.48 Å². The van der Waals surface area contributed by atoms with Gasteiger partial charge in [0.25, 0.3) is 0 Å². The van der Waals surface area contributed by atoms with Crippen molar-refractivity contribution >= 4 is 20.4 Å². The molecule has 17 heavy (non-hydrogen) atoms. The molecular formula is C16H15Br. The van der Waals surface area contributed by atoms with E-state index < -0.39 is 0 Å². The lowest BCUT2D eigenvalue weighted by molar-refractivity contribution is 1.23. The van der Waals surface area contributed by atoms with Crippen LogP contribution in [0.2, 0.25) is 0 Å². The zero-order chi connectivity index (χ0) is 12.1. The molecule has 0 aliphatic heterocycles. The molecule has 2 rings (SSSR count). The van der Waals surface area contributed by atoms with Crippen LogP contribution in [0.4, 0.5) is 0 Å². The van der Waals surface area contributed by atoms with Crippen molar-refractivity contribution in [2.45, 2.75) is 13.3 Å². The van der Waals surface area contributed by atoms with Gasteiger partial charge in [-0.05, 0) is 23.1 Å². The maximum atomic E-state index is 3.59. The summed E-state index contributed by atoms with van der Waals surface area (Å²) >= 11 is 3.59. The van der Waals surface area contributed by atoms with E-state index >= 15 is 0 Å². The summed E-state index contributed by atoms with van der Waals surface area (Å²) < 4.78 is 1.17. The Labute approximate surface area is 111 Å². The van der Waals surface area contributed by atoms with Crippen molar-refractivity contribution in [1.82, 2.24) is 0 Å². The third-order valence-electron chi connectivity index (χ3n) is 2.65.